The second kappa shape index (κ2) is 7.07. The molecule has 0 fully saturated rings. The van der Waals surface area contributed by atoms with E-state index in [0.717, 1.165) is 19.3 Å². The Morgan fingerprint density at radius 1 is 1.31 bits per heavy atom. The van der Waals surface area contributed by atoms with Crippen molar-refractivity contribution in [2.45, 2.75) is 19.3 Å². The zero-order chi connectivity index (χ0) is 11.8. The van der Waals surface area contributed by atoms with Gasteiger partial charge in [0, 0.05) is 5.02 Å². The van der Waals surface area contributed by atoms with Gasteiger partial charge in [-0.2, -0.15) is 0 Å². The minimum atomic E-state index is -0.296. The van der Waals surface area contributed by atoms with E-state index in [2.05, 4.69) is 6.58 Å². The Hall–Kier alpha value is -1.28. The number of esters is 1. The molecule has 0 radical (unpaired) electrons. The lowest BCUT2D eigenvalue weighted by Gasteiger charge is -2.04. The number of halogens is 1. The van der Waals surface area contributed by atoms with Gasteiger partial charge < -0.3 is 4.74 Å². The van der Waals surface area contributed by atoms with Gasteiger partial charge in [-0.05, 0) is 43.5 Å². The Balaban J connectivity index is 2.29. The summed E-state index contributed by atoms with van der Waals surface area (Å²) in [6.45, 7) is 4.08. The number of hydrogen-bond donors (Lipinski definition) is 0. The van der Waals surface area contributed by atoms with Gasteiger partial charge in [0.1, 0.15) is 0 Å². The minimum Gasteiger partial charge on any atom is -0.462 e. The summed E-state index contributed by atoms with van der Waals surface area (Å²) in [5, 5.41) is 0.613. The number of rotatable bonds is 6. The van der Waals surface area contributed by atoms with E-state index in [1.54, 1.807) is 24.3 Å². The van der Waals surface area contributed by atoms with Crippen molar-refractivity contribution in [3.8, 4) is 0 Å². The molecule has 0 saturated carbocycles. The monoisotopic (exact) mass is 238 g/mol. The van der Waals surface area contributed by atoms with E-state index in [0.29, 0.717) is 17.2 Å². The fraction of sp³-hybridized carbons (Fsp3) is 0.308. The first-order chi connectivity index (χ1) is 7.74. The molecule has 16 heavy (non-hydrogen) atoms. The van der Waals surface area contributed by atoms with Gasteiger partial charge in [0.05, 0.1) is 12.2 Å². The smallest absolute Gasteiger partial charge is 0.338 e. The molecular formula is C13H15ClO2. The summed E-state index contributed by atoms with van der Waals surface area (Å²) in [6.07, 6.45) is 4.68. The molecule has 0 aliphatic heterocycles. The highest BCUT2D eigenvalue weighted by Gasteiger charge is 2.05. The van der Waals surface area contributed by atoms with Crippen LogP contribution >= 0.6 is 11.6 Å². The average Bonchev–Trinajstić information content (AvgIpc) is 2.29. The summed E-state index contributed by atoms with van der Waals surface area (Å²) >= 11 is 5.72. The van der Waals surface area contributed by atoms with Crippen LogP contribution in [0, 0.1) is 0 Å². The molecule has 0 N–H and O–H groups in total. The molecular weight excluding hydrogens is 224 g/mol. The van der Waals surface area contributed by atoms with Crippen molar-refractivity contribution in [3.63, 3.8) is 0 Å². The van der Waals surface area contributed by atoms with Gasteiger partial charge >= 0.3 is 5.97 Å². The molecule has 0 unspecified atom stereocenters. The summed E-state index contributed by atoms with van der Waals surface area (Å²) in [6, 6.07) is 6.68. The highest BCUT2D eigenvalue weighted by atomic mass is 35.5. The van der Waals surface area contributed by atoms with Crippen LogP contribution in [0.3, 0.4) is 0 Å². The lowest BCUT2D eigenvalue weighted by atomic mass is 10.2. The van der Waals surface area contributed by atoms with E-state index < -0.39 is 0 Å². The van der Waals surface area contributed by atoms with Crippen LogP contribution in [0.4, 0.5) is 0 Å². The third-order valence-corrected chi connectivity index (χ3v) is 2.37. The van der Waals surface area contributed by atoms with Crippen molar-refractivity contribution in [1.82, 2.24) is 0 Å². The summed E-state index contributed by atoms with van der Waals surface area (Å²) < 4.78 is 5.10. The molecule has 0 atom stereocenters. The maximum atomic E-state index is 11.5. The molecule has 3 heteroatoms. The Kier molecular flexibility index (Phi) is 5.65. The third-order valence-electron chi connectivity index (χ3n) is 2.12. The molecule has 0 saturated heterocycles. The fourth-order valence-electron chi connectivity index (χ4n) is 1.22. The zero-order valence-corrected chi connectivity index (χ0v) is 9.87. The molecule has 0 spiro atoms. The first kappa shape index (κ1) is 12.8. The van der Waals surface area contributed by atoms with E-state index in [-0.39, 0.29) is 5.97 Å². The van der Waals surface area contributed by atoms with Crippen LogP contribution in [0.5, 0.6) is 0 Å². The highest BCUT2D eigenvalue weighted by molar-refractivity contribution is 6.30. The predicted octanol–water partition coefficient (Wildman–Crippen LogP) is 3.85. The van der Waals surface area contributed by atoms with Crippen LogP contribution in [0.25, 0.3) is 0 Å². The van der Waals surface area contributed by atoms with E-state index in [1.165, 1.54) is 0 Å². The SMILES string of the molecule is C=CCCCCOC(=O)c1ccc(Cl)cc1. The van der Waals surface area contributed by atoms with Crippen molar-refractivity contribution in [2.24, 2.45) is 0 Å². The van der Waals surface area contributed by atoms with Gasteiger partial charge in [-0.3, -0.25) is 0 Å². The first-order valence-electron chi connectivity index (χ1n) is 5.27. The molecule has 0 bridgehead atoms. The van der Waals surface area contributed by atoms with Crippen LogP contribution in [-0.4, -0.2) is 12.6 Å². The second-order valence-corrected chi connectivity index (χ2v) is 3.86. The maximum Gasteiger partial charge on any atom is 0.338 e. The van der Waals surface area contributed by atoms with Gasteiger partial charge in [0.25, 0.3) is 0 Å². The normalized spacial score (nSPS) is 9.81. The first-order valence-corrected chi connectivity index (χ1v) is 5.65. The van der Waals surface area contributed by atoms with Crippen molar-refractivity contribution in [1.29, 1.82) is 0 Å². The van der Waals surface area contributed by atoms with E-state index in [9.17, 15) is 4.79 Å². The summed E-state index contributed by atoms with van der Waals surface area (Å²) in [5.41, 5.74) is 0.535. The quantitative estimate of drug-likeness (QED) is 0.427. The molecule has 1 aromatic rings. The van der Waals surface area contributed by atoms with Gasteiger partial charge in [0.2, 0.25) is 0 Å². The molecule has 0 aliphatic carbocycles. The molecule has 1 aromatic carbocycles. The number of carbonyl (C=O) groups excluding carboxylic acids is 1. The average molecular weight is 239 g/mol. The van der Waals surface area contributed by atoms with Crippen molar-refractivity contribution < 1.29 is 9.53 Å². The van der Waals surface area contributed by atoms with Crippen molar-refractivity contribution >= 4 is 17.6 Å². The lowest BCUT2D eigenvalue weighted by Crippen LogP contribution is -2.06. The Morgan fingerprint density at radius 2 is 2.00 bits per heavy atom. The van der Waals surface area contributed by atoms with Crippen LogP contribution in [-0.2, 0) is 4.74 Å². The fourth-order valence-corrected chi connectivity index (χ4v) is 1.35. The van der Waals surface area contributed by atoms with E-state index in [4.69, 9.17) is 16.3 Å². The maximum absolute atomic E-state index is 11.5. The van der Waals surface area contributed by atoms with Gasteiger partial charge in [0.15, 0.2) is 0 Å². The number of benzene rings is 1. The molecule has 1 rings (SSSR count). The third kappa shape index (κ3) is 4.49. The largest absolute Gasteiger partial charge is 0.462 e. The topological polar surface area (TPSA) is 26.3 Å². The molecule has 0 aromatic heterocycles. The second-order valence-electron chi connectivity index (χ2n) is 3.43. The standard InChI is InChI=1S/C13H15ClO2/c1-2-3-4-5-10-16-13(15)11-6-8-12(14)9-7-11/h2,6-9H,1,3-5,10H2. The molecule has 2 nitrogen and oxygen atoms in total. The zero-order valence-electron chi connectivity index (χ0n) is 9.12. The Labute approximate surface area is 101 Å². The van der Waals surface area contributed by atoms with Crippen molar-refractivity contribution in [2.75, 3.05) is 6.61 Å². The highest BCUT2D eigenvalue weighted by Crippen LogP contribution is 2.10. The lowest BCUT2D eigenvalue weighted by molar-refractivity contribution is 0.0498. The van der Waals surface area contributed by atoms with Crippen LogP contribution in [0.15, 0.2) is 36.9 Å². The van der Waals surface area contributed by atoms with Crippen molar-refractivity contribution in [3.05, 3.63) is 47.5 Å². The number of unbranched alkanes of at least 4 members (excludes halogenated alkanes) is 2. The summed E-state index contributed by atoms with van der Waals surface area (Å²) in [5.74, 6) is -0.296. The molecule has 0 aliphatic rings. The Morgan fingerprint density at radius 3 is 2.62 bits per heavy atom. The molecule has 0 amide bonds. The number of carbonyl (C=O) groups is 1. The van der Waals surface area contributed by atoms with E-state index >= 15 is 0 Å². The van der Waals surface area contributed by atoms with E-state index in [1.807, 2.05) is 6.08 Å². The van der Waals surface area contributed by atoms with Gasteiger partial charge in [-0.1, -0.05) is 17.7 Å². The minimum absolute atomic E-state index is 0.296. The molecule has 0 heterocycles. The summed E-state index contributed by atoms with van der Waals surface area (Å²) in [7, 11) is 0. The number of hydrogen-bond acceptors (Lipinski definition) is 2. The van der Waals surface area contributed by atoms with Gasteiger partial charge in [-0.15, -0.1) is 6.58 Å². The van der Waals surface area contributed by atoms with Crippen LogP contribution < -0.4 is 0 Å². The molecule has 86 valence electrons. The van der Waals surface area contributed by atoms with Gasteiger partial charge in [-0.25, -0.2) is 4.79 Å². The number of ether oxygens (including phenoxy) is 1. The van der Waals surface area contributed by atoms with Crippen LogP contribution in [0.1, 0.15) is 29.6 Å². The Bertz CT molecular complexity index is 343. The van der Waals surface area contributed by atoms with Crippen LogP contribution in [0.2, 0.25) is 5.02 Å². The number of allylic oxidation sites excluding steroid dienone is 1. The predicted molar refractivity (Wildman–Crippen MR) is 65.8 cm³/mol. The summed E-state index contributed by atoms with van der Waals surface area (Å²) in [4.78, 5) is 11.5.